The molecule has 2 heterocycles. The summed E-state index contributed by atoms with van der Waals surface area (Å²) in [6.45, 7) is 5.19. The molecule has 4 rings (SSSR count). The molecule has 4 heteroatoms. The molecule has 3 aromatic rings. The standard InChI is InChI=1S/C22H23N3O/c1-2-23-22(26)21-17-10-6-7-11-19(17)24-20-12-13-25(15-18(20)21)14-16-8-4-3-5-9-16/h3-11H,2,12-15H2,1H3,(H,23,26). The van der Waals surface area contributed by atoms with E-state index in [-0.39, 0.29) is 5.91 Å². The van der Waals surface area contributed by atoms with Crippen LogP contribution in [0.15, 0.2) is 54.6 Å². The van der Waals surface area contributed by atoms with E-state index < -0.39 is 0 Å². The fraction of sp³-hybridized carbons (Fsp3) is 0.273. The van der Waals surface area contributed by atoms with E-state index in [1.807, 2.05) is 37.3 Å². The number of benzene rings is 2. The summed E-state index contributed by atoms with van der Waals surface area (Å²) in [4.78, 5) is 20.1. The van der Waals surface area contributed by atoms with Gasteiger partial charge in [0.1, 0.15) is 0 Å². The van der Waals surface area contributed by atoms with E-state index in [0.717, 1.165) is 53.8 Å². The van der Waals surface area contributed by atoms with Crippen LogP contribution in [-0.4, -0.2) is 28.9 Å². The fourth-order valence-electron chi connectivity index (χ4n) is 3.73. The van der Waals surface area contributed by atoms with E-state index in [4.69, 9.17) is 4.98 Å². The van der Waals surface area contributed by atoms with E-state index in [1.165, 1.54) is 5.56 Å². The van der Waals surface area contributed by atoms with Crippen molar-refractivity contribution in [1.29, 1.82) is 0 Å². The average Bonchev–Trinajstić information content (AvgIpc) is 2.67. The minimum Gasteiger partial charge on any atom is -0.352 e. The average molecular weight is 345 g/mol. The van der Waals surface area contributed by atoms with Crippen molar-refractivity contribution in [3.8, 4) is 0 Å². The maximum Gasteiger partial charge on any atom is 0.252 e. The normalized spacial score (nSPS) is 14.2. The van der Waals surface area contributed by atoms with Gasteiger partial charge in [-0.1, -0.05) is 48.5 Å². The molecule has 0 atom stereocenters. The SMILES string of the molecule is CCNC(=O)c1c2c(nc3ccccc13)CCN(Cc1ccccc1)C2. The molecule has 1 amide bonds. The highest BCUT2D eigenvalue weighted by Crippen LogP contribution is 2.28. The van der Waals surface area contributed by atoms with Crippen LogP contribution in [-0.2, 0) is 19.5 Å². The second-order valence-electron chi connectivity index (χ2n) is 6.73. The van der Waals surface area contributed by atoms with Crippen LogP contribution in [0, 0.1) is 0 Å². The molecule has 1 N–H and O–H groups in total. The van der Waals surface area contributed by atoms with Gasteiger partial charge in [-0.3, -0.25) is 14.7 Å². The first-order chi connectivity index (χ1) is 12.8. The molecule has 1 aromatic heterocycles. The first kappa shape index (κ1) is 16.7. The van der Waals surface area contributed by atoms with Gasteiger partial charge >= 0.3 is 0 Å². The number of para-hydroxylation sites is 1. The van der Waals surface area contributed by atoms with E-state index >= 15 is 0 Å². The highest BCUT2D eigenvalue weighted by molar-refractivity contribution is 6.07. The van der Waals surface area contributed by atoms with Crippen molar-refractivity contribution in [3.63, 3.8) is 0 Å². The van der Waals surface area contributed by atoms with Crippen LogP contribution >= 0.6 is 0 Å². The number of aromatic nitrogens is 1. The maximum atomic E-state index is 12.8. The number of nitrogens with zero attached hydrogens (tertiary/aromatic N) is 2. The van der Waals surface area contributed by atoms with Gasteiger partial charge in [-0.2, -0.15) is 0 Å². The summed E-state index contributed by atoms with van der Waals surface area (Å²) in [5, 5.41) is 3.93. The van der Waals surface area contributed by atoms with E-state index in [0.29, 0.717) is 6.54 Å². The Bertz CT molecular complexity index is 937. The lowest BCUT2D eigenvalue weighted by Crippen LogP contribution is -2.34. The van der Waals surface area contributed by atoms with E-state index in [1.54, 1.807) is 0 Å². The number of carbonyl (C=O) groups excluding carboxylic acids is 1. The van der Waals surface area contributed by atoms with E-state index in [2.05, 4.69) is 34.5 Å². The molecule has 26 heavy (non-hydrogen) atoms. The summed E-state index contributed by atoms with van der Waals surface area (Å²) >= 11 is 0. The number of hydrogen-bond donors (Lipinski definition) is 1. The molecule has 0 saturated heterocycles. The third-order valence-corrected chi connectivity index (χ3v) is 4.94. The Balaban J connectivity index is 1.74. The highest BCUT2D eigenvalue weighted by Gasteiger charge is 2.25. The van der Waals surface area contributed by atoms with Gasteiger partial charge in [0.15, 0.2) is 0 Å². The second kappa shape index (κ2) is 7.26. The lowest BCUT2D eigenvalue weighted by molar-refractivity contribution is 0.0954. The van der Waals surface area contributed by atoms with Crippen molar-refractivity contribution >= 4 is 16.8 Å². The molecule has 0 saturated carbocycles. The zero-order chi connectivity index (χ0) is 17.9. The van der Waals surface area contributed by atoms with Gasteiger partial charge in [-0.25, -0.2) is 0 Å². The van der Waals surface area contributed by atoms with Crippen molar-refractivity contribution in [1.82, 2.24) is 15.2 Å². The predicted octanol–water partition coefficient (Wildman–Crippen LogP) is 3.54. The van der Waals surface area contributed by atoms with Gasteiger partial charge in [0.2, 0.25) is 0 Å². The number of carbonyl (C=O) groups is 1. The summed E-state index contributed by atoms with van der Waals surface area (Å²) < 4.78 is 0. The molecule has 0 aliphatic carbocycles. The predicted molar refractivity (Wildman–Crippen MR) is 104 cm³/mol. The first-order valence-corrected chi connectivity index (χ1v) is 9.21. The van der Waals surface area contributed by atoms with Gasteiger partial charge in [0, 0.05) is 49.2 Å². The van der Waals surface area contributed by atoms with Gasteiger partial charge in [-0.05, 0) is 18.6 Å². The quantitative estimate of drug-likeness (QED) is 0.787. The topological polar surface area (TPSA) is 45.2 Å². The molecule has 0 bridgehead atoms. The van der Waals surface area contributed by atoms with Crippen LogP contribution in [0.2, 0.25) is 0 Å². The summed E-state index contributed by atoms with van der Waals surface area (Å²) in [7, 11) is 0. The Labute approximate surface area is 153 Å². The van der Waals surface area contributed by atoms with Gasteiger partial charge < -0.3 is 5.32 Å². The molecule has 1 aliphatic rings. The second-order valence-corrected chi connectivity index (χ2v) is 6.73. The summed E-state index contributed by atoms with van der Waals surface area (Å²) in [6.07, 6.45) is 0.874. The zero-order valence-electron chi connectivity index (χ0n) is 15.0. The van der Waals surface area contributed by atoms with Gasteiger partial charge in [0.05, 0.1) is 11.1 Å². The smallest absolute Gasteiger partial charge is 0.252 e. The van der Waals surface area contributed by atoms with Crippen molar-refractivity contribution in [2.24, 2.45) is 0 Å². The molecule has 2 aromatic carbocycles. The summed E-state index contributed by atoms with van der Waals surface area (Å²) in [5.74, 6) is 0.00362. The largest absolute Gasteiger partial charge is 0.352 e. The van der Waals surface area contributed by atoms with Crippen LogP contribution in [0.3, 0.4) is 0 Å². The van der Waals surface area contributed by atoms with Crippen molar-refractivity contribution in [3.05, 3.63) is 77.0 Å². The molecule has 0 radical (unpaired) electrons. The summed E-state index contributed by atoms with van der Waals surface area (Å²) in [6, 6.07) is 18.4. The van der Waals surface area contributed by atoms with Crippen molar-refractivity contribution in [2.45, 2.75) is 26.4 Å². The molecule has 4 nitrogen and oxygen atoms in total. The molecule has 0 fully saturated rings. The highest BCUT2D eigenvalue weighted by atomic mass is 16.1. The molecule has 0 unspecified atom stereocenters. The molecule has 1 aliphatic heterocycles. The number of rotatable bonds is 4. The molecular formula is C22H23N3O. The van der Waals surface area contributed by atoms with Crippen LogP contribution in [0.25, 0.3) is 10.9 Å². The van der Waals surface area contributed by atoms with Gasteiger partial charge in [0.25, 0.3) is 5.91 Å². The Morgan fingerprint density at radius 1 is 1.12 bits per heavy atom. The molecule has 132 valence electrons. The minimum atomic E-state index is 0.00362. The van der Waals surface area contributed by atoms with Crippen LogP contribution in [0.1, 0.15) is 34.1 Å². The van der Waals surface area contributed by atoms with E-state index in [9.17, 15) is 4.79 Å². The number of nitrogens with one attached hydrogen (secondary N) is 1. The third kappa shape index (κ3) is 3.20. The lowest BCUT2D eigenvalue weighted by Gasteiger charge is -2.30. The fourth-order valence-corrected chi connectivity index (χ4v) is 3.73. The number of hydrogen-bond acceptors (Lipinski definition) is 3. The van der Waals surface area contributed by atoms with Crippen LogP contribution in [0.4, 0.5) is 0 Å². The van der Waals surface area contributed by atoms with Crippen LogP contribution < -0.4 is 5.32 Å². The van der Waals surface area contributed by atoms with Gasteiger partial charge in [-0.15, -0.1) is 0 Å². The Kier molecular flexibility index (Phi) is 4.67. The Hall–Kier alpha value is -2.72. The summed E-state index contributed by atoms with van der Waals surface area (Å²) in [5.41, 5.74) is 5.14. The number of fused-ring (bicyclic) bond motifs is 2. The van der Waals surface area contributed by atoms with Crippen molar-refractivity contribution < 1.29 is 4.79 Å². The molecule has 0 spiro atoms. The van der Waals surface area contributed by atoms with Crippen LogP contribution in [0.5, 0.6) is 0 Å². The number of amides is 1. The zero-order valence-corrected chi connectivity index (χ0v) is 15.0. The number of pyridine rings is 1. The molecular weight excluding hydrogens is 322 g/mol. The third-order valence-electron chi connectivity index (χ3n) is 4.94. The monoisotopic (exact) mass is 345 g/mol. The Morgan fingerprint density at radius 3 is 2.69 bits per heavy atom. The minimum absolute atomic E-state index is 0.00362. The Morgan fingerprint density at radius 2 is 1.88 bits per heavy atom. The first-order valence-electron chi connectivity index (χ1n) is 9.21. The lowest BCUT2D eigenvalue weighted by atomic mass is 9.95. The van der Waals surface area contributed by atoms with Crippen molar-refractivity contribution in [2.75, 3.05) is 13.1 Å². The maximum absolute atomic E-state index is 12.8.